The average Bonchev–Trinajstić information content (AvgIpc) is 2.85. The van der Waals surface area contributed by atoms with Gasteiger partial charge in [0.1, 0.15) is 5.82 Å². The van der Waals surface area contributed by atoms with Gasteiger partial charge in [-0.15, -0.1) is 0 Å². The second-order valence-corrected chi connectivity index (χ2v) is 8.63. The fourth-order valence-corrected chi connectivity index (χ4v) is 4.45. The first-order valence-electron chi connectivity index (χ1n) is 11.6. The van der Waals surface area contributed by atoms with Crippen molar-refractivity contribution in [2.75, 3.05) is 6.61 Å². The van der Waals surface area contributed by atoms with E-state index in [-0.39, 0.29) is 17.3 Å². The van der Waals surface area contributed by atoms with Gasteiger partial charge in [-0.25, -0.2) is 13.2 Å². The third-order valence-corrected chi connectivity index (χ3v) is 6.53. The highest BCUT2D eigenvalue weighted by Crippen LogP contribution is 2.33. The molecule has 0 N–H and O–H groups in total. The fraction of sp³-hybridized carbons (Fsp3) is 0.310. The molecule has 3 aromatic rings. The minimum absolute atomic E-state index is 0.196. The molecule has 0 saturated carbocycles. The van der Waals surface area contributed by atoms with E-state index in [1.807, 2.05) is 13.0 Å². The number of benzene rings is 3. The molecule has 0 bridgehead atoms. The standard InChI is InChI=1S/C29H29F3O/c1-3-5-6-21-12-16-26(29(32)28(21)31)20-9-7-19(8-10-20)25-15-13-22(17-27(25)30)23-11-14-24(4-2)33-18-23/h3,5,7-10,12-13,15-17,23-24H,4,6,11,14,18H2,1-2H3/b5-3-. The molecule has 1 aliphatic heterocycles. The Morgan fingerprint density at radius 3 is 2.18 bits per heavy atom. The first kappa shape index (κ1) is 23.3. The van der Waals surface area contributed by atoms with Crippen LogP contribution in [-0.2, 0) is 11.2 Å². The Bertz CT molecular complexity index is 1130. The number of hydrogen-bond donors (Lipinski definition) is 0. The van der Waals surface area contributed by atoms with Gasteiger partial charge in [-0.2, -0.15) is 0 Å². The zero-order chi connectivity index (χ0) is 23.4. The highest BCUT2D eigenvalue weighted by Gasteiger charge is 2.23. The van der Waals surface area contributed by atoms with E-state index in [0.717, 1.165) is 24.8 Å². The monoisotopic (exact) mass is 450 g/mol. The van der Waals surface area contributed by atoms with E-state index in [4.69, 9.17) is 4.74 Å². The van der Waals surface area contributed by atoms with Crippen molar-refractivity contribution in [2.45, 2.75) is 51.6 Å². The Hall–Kier alpha value is -2.85. The molecule has 2 atom stereocenters. The van der Waals surface area contributed by atoms with Crippen LogP contribution in [0.5, 0.6) is 0 Å². The largest absolute Gasteiger partial charge is 0.378 e. The number of halogens is 3. The quantitative estimate of drug-likeness (QED) is 0.344. The zero-order valence-corrected chi connectivity index (χ0v) is 19.1. The van der Waals surface area contributed by atoms with E-state index < -0.39 is 11.6 Å². The van der Waals surface area contributed by atoms with Crippen LogP contribution in [0.1, 0.15) is 50.2 Å². The molecule has 172 valence electrons. The Balaban J connectivity index is 1.53. The van der Waals surface area contributed by atoms with Crippen molar-refractivity contribution in [2.24, 2.45) is 0 Å². The summed E-state index contributed by atoms with van der Waals surface area (Å²) in [6, 6.07) is 15.4. The Morgan fingerprint density at radius 1 is 0.879 bits per heavy atom. The molecule has 1 saturated heterocycles. The molecule has 0 amide bonds. The minimum atomic E-state index is -0.861. The van der Waals surface area contributed by atoms with Gasteiger partial charge in [-0.1, -0.05) is 67.6 Å². The van der Waals surface area contributed by atoms with Crippen molar-refractivity contribution in [1.29, 1.82) is 0 Å². The van der Waals surface area contributed by atoms with E-state index in [1.54, 1.807) is 60.7 Å². The fourth-order valence-electron chi connectivity index (χ4n) is 4.45. The highest BCUT2D eigenvalue weighted by molar-refractivity contribution is 5.71. The summed E-state index contributed by atoms with van der Waals surface area (Å²) < 4.78 is 49.9. The van der Waals surface area contributed by atoms with E-state index in [2.05, 4.69) is 6.92 Å². The number of allylic oxidation sites excluding steroid dienone is 2. The molecule has 3 aromatic carbocycles. The molecule has 1 fully saturated rings. The van der Waals surface area contributed by atoms with Crippen molar-refractivity contribution in [1.82, 2.24) is 0 Å². The van der Waals surface area contributed by atoms with Gasteiger partial charge in [0.2, 0.25) is 0 Å². The lowest BCUT2D eigenvalue weighted by atomic mass is 9.89. The molecule has 0 radical (unpaired) electrons. The molecular weight excluding hydrogens is 421 g/mol. The molecule has 2 unspecified atom stereocenters. The summed E-state index contributed by atoms with van der Waals surface area (Å²) in [6.07, 6.45) is 7.26. The van der Waals surface area contributed by atoms with Crippen LogP contribution in [-0.4, -0.2) is 12.7 Å². The molecule has 0 aromatic heterocycles. The summed E-state index contributed by atoms with van der Waals surface area (Å²) in [4.78, 5) is 0. The molecule has 4 rings (SSSR count). The van der Waals surface area contributed by atoms with Crippen molar-refractivity contribution >= 4 is 0 Å². The van der Waals surface area contributed by atoms with Crippen LogP contribution in [0.15, 0.2) is 66.7 Å². The maximum Gasteiger partial charge on any atom is 0.166 e. The minimum Gasteiger partial charge on any atom is -0.378 e. The number of rotatable bonds is 6. The topological polar surface area (TPSA) is 9.23 Å². The van der Waals surface area contributed by atoms with Crippen LogP contribution in [0.3, 0.4) is 0 Å². The summed E-state index contributed by atoms with van der Waals surface area (Å²) in [7, 11) is 0. The molecule has 1 aliphatic rings. The summed E-state index contributed by atoms with van der Waals surface area (Å²) in [5.74, 6) is -1.76. The first-order valence-corrected chi connectivity index (χ1v) is 11.6. The van der Waals surface area contributed by atoms with Crippen LogP contribution < -0.4 is 0 Å². The van der Waals surface area contributed by atoms with E-state index >= 15 is 0 Å². The maximum atomic E-state index is 15.0. The smallest absolute Gasteiger partial charge is 0.166 e. The average molecular weight is 451 g/mol. The normalized spacial score (nSPS) is 18.7. The van der Waals surface area contributed by atoms with Gasteiger partial charge in [-0.3, -0.25) is 0 Å². The van der Waals surface area contributed by atoms with Crippen molar-refractivity contribution in [3.8, 4) is 22.3 Å². The summed E-state index contributed by atoms with van der Waals surface area (Å²) in [6.45, 7) is 4.59. The van der Waals surface area contributed by atoms with E-state index in [0.29, 0.717) is 41.4 Å². The van der Waals surface area contributed by atoms with Gasteiger partial charge in [0.25, 0.3) is 0 Å². The van der Waals surface area contributed by atoms with Gasteiger partial charge in [0.15, 0.2) is 11.6 Å². The van der Waals surface area contributed by atoms with Gasteiger partial charge < -0.3 is 4.74 Å². The molecule has 1 nitrogen and oxygen atoms in total. The third-order valence-electron chi connectivity index (χ3n) is 6.53. The SMILES string of the molecule is C/C=C\Cc1ccc(-c2ccc(-c3ccc(C4CCC(CC)OC4)cc3F)cc2)c(F)c1F. The molecule has 33 heavy (non-hydrogen) atoms. The number of hydrogen-bond acceptors (Lipinski definition) is 1. The lowest BCUT2D eigenvalue weighted by molar-refractivity contribution is 0.00199. The van der Waals surface area contributed by atoms with Gasteiger partial charge >= 0.3 is 0 Å². The molecule has 1 heterocycles. The maximum absolute atomic E-state index is 15.0. The molecule has 0 aliphatic carbocycles. The second kappa shape index (κ2) is 10.4. The van der Waals surface area contributed by atoms with Crippen molar-refractivity contribution in [3.05, 3.63) is 95.3 Å². The van der Waals surface area contributed by atoms with E-state index in [9.17, 15) is 13.2 Å². The van der Waals surface area contributed by atoms with E-state index in [1.165, 1.54) is 0 Å². The molecular formula is C29H29F3O. The summed E-state index contributed by atoms with van der Waals surface area (Å²) in [5, 5.41) is 0. The van der Waals surface area contributed by atoms with Crippen molar-refractivity contribution < 1.29 is 17.9 Å². The summed E-state index contributed by atoms with van der Waals surface area (Å²) >= 11 is 0. The first-order chi connectivity index (χ1) is 16.0. The predicted molar refractivity (Wildman–Crippen MR) is 128 cm³/mol. The van der Waals surface area contributed by atoms with Gasteiger partial charge in [0.05, 0.1) is 12.7 Å². The van der Waals surface area contributed by atoms with Gasteiger partial charge in [-0.05, 0) is 60.9 Å². The highest BCUT2D eigenvalue weighted by atomic mass is 19.2. The Kier molecular flexibility index (Phi) is 7.34. The van der Waals surface area contributed by atoms with Gasteiger partial charge in [0, 0.05) is 17.0 Å². The predicted octanol–water partition coefficient (Wildman–Crippen LogP) is 8.23. The molecule has 4 heteroatoms. The van der Waals surface area contributed by atoms with Crippen LogP contribution >= 0.6 is 0 Å². The molecule has 0 spiro atoms. The second-order valence-electron chi connectivity index (χ2n) is 8.63. The lowest BCUT2D eigenvalue weighted by Gasteiger charge is -2.28. The van der Waals surface area contributed by atoms with Crippen molar-refractivity contribution in [3.63, 3.8) is 0 Å². The van der Waals surface area contributed by atoms with Crippen LogP contribution in [0.4, 0.5) is 13.2 Å². The Morgan fingerprint density at radius 2 is 1.58 bits per heavy atom. The number of ether oxygens (including phenoxy) is 1. The van der Waals surface area contributed by atoms with Crippen LogP contribution in [0.25, 0.3) is 22.3 Å². The Labute approximate surface area is 193 Å². The van der Waals surface area contributed by atoms with Crippen LogP contribution in [0, 0.1) is 17.5 Å². The lowest BCUT2D eigenvalue weighted by Crippen LogP contribution is -2.24. The third kappa shape index (κ3) is 5.06. The summed E-state index contributed by atoms with van der Waals surface area (Å²) in [5.41, 5.74) is 3.21. The zero-order valence-electron chi connectivity index (χ0n) is 19.1. The van der Waals surface area contributed by atoms with Crippen LogP contribution in [0.2, 0.25) is 0 Å².